The second kappa shape index (κ2) is 5.86. The summed E-state index contributed by atoms with van der Waals surface area (Å²) < 4.78 is 7.78. The van der Waals surface area contributed by atoms with Gasteiger partial charge in [-0.1, -0.05) is 0 Å². The minimum absolute atomic E-state index is 0.0449. The minimum Gasteiger partial charge on any atom is -0.390 e. The topological polar surface area (TPSA) is 67.1 Å². The fourth-order valence-electron chi connectivity index (χ4n) is 3.83. The van der Waals surface area contributed by atoms with E-state index in [-0.39, 0.29) is 5.91 Å². The number of amides is 1. The van der Waals surface area contributed by atoms with Crippen molar-refractivity contribution in [2.75, 3.05) is 19.7 Å². The maximum Gasteiger partial charge on any atom is 0.274 e. The maximum absolute atomic E-state index is 12.8. The van der Waals surface area contributed by atoms with Crippen molar-refractivity contribution >= 4 is 11.6 Å². The molecular weight excluding hydrogens is 306 g/mol. The summed E-state index contributed by atoms with van der Waals surface area (Å²) in [5.41, 5.74) is 1.93. The van der Waals surface area contributed by atoms with Crippen LogP contribution in [0, 0.1) is 6.92 Å². The standard InChI is InChI=1S/C18H23N3O3/c1-13-4-7-21-12-14(19-16(21)11-13)17(23)20-8-5-18(6-9-20)15(22)3-2-10-24-18/h4,7,11-12,15,22H,2-3,5-6,8-10H2,1H3/t15-/m1/s1. The molecule has 1 amide bonds. The zero-order chi connectivity index (χ0) is 16.7. The van der Waals surface area contributed by atoms with Crippen molar-refractivity contribution in [3.63, 3.8) is 0 Å². The molecule has 0 bridgehead atoms. The highest BCUT2D eigenvalue weighted by molar-refractivity contribution is 5.93. The Morgan fingerprint density at radius 1 is 1.42 bits per heavy atom. The average molecular weight is 329 g/mol. The quantitative estimate of drug-likeness (QED) is 0.866. The number of likely N-dealkylation sites (tertiary alicyclic amines) is 1. The van der Waals surface area contributed by atoms with Gasteiger partial charge >= 0.3 is 0 Å². The maximum atomic E-state index is 12.8. The summed E-state index contributed by atoms with van der Waals surface area (Å²) in [6.45, 7) is 3.91. The Morgan fingerprint density at radius 2 is 2.21 bits per heavy atom. The molecule has 128 valence electrons. The molecule has 2 aliphatic heterocycles. The van der Waals surface area contributed by atoms with Crippen LogP contribution in [0.2, 0.25) is 0 Å². The monoisotopic (exact) mass is 329 g/mol. The van der Waals surface area contributed by atoms with Crippen LogP contribution in [0.4, 0.5) is 0 Å². The van der Waals surface area contributed by atoms with Crippen LogP contribution < -0.4 is 0 Å². The van der Waals surface area contributed by atoms with Crippen LogP contribution in [0.25, 0.3) is 5.65 Å². The highest BCUT2D eigenvalue weighted by Crippen LogP contribution is 2.35. The lowest BCUT2D eigenvalue weighted by Gasteiger charge is -2.46. The van der Waals surface area contributed by atoms with Crippen LogP contribution in [0.15, 0.2) is 24.5 Å². The fraction of sp³-hybridized carbons (Fsp3) is 0.556. The smallest absolute Gasteiger partial charge is 0.274 e. The Hall–Kier alpha value is -1.92. The van der Waals surface area contributed by atoms with E-state index in [1.165, 1.54) is 0 Å². The Morgan fingerprint density at radius 3 is 2.96 bits per heavy atom. The number of imidazole rings is 1. The highest BCUT2D eigenvalue weighted by atomic mass is 16.5. The van der Waals surface area contributed by atoms with Gasteiger partial charge in [0.1, 0.15) is 11.3 Å². The molecule has 1 atom stereocenters. The van der Waals surface area contributed by atoms with Crippen molar-refractivity contribution in [2.45, 2.75) is 44.3 Å². The number of hydrogen-bond donors (Lipinski definition) is 1. The number of carbonyl (C=O) groups is 1. The predicted molar refractivity (Wildman–Crippen MR) is 89.0 cm³/mol. The summed E-state index contributed by atoms with van der Waals surface area (Å²) in [7, 11) is 0. The second-order valence-electron chi connectivity index (χ2n) is 6.96. The Labute approximate surface area is 141 Å². The first-order valence-corrected chi connectivity index (χ1v) is 8.64. The van der Waals surface area contributed by atoms with Crippen LogP contribution in [-0.2, 0) is 4.74 Å². The fourth-order valence-corrected chi connectivity index (χ4v) is 3.83. The number of piperidine rings is 1. The molecule has 2 aromatic heterocycles. The first kappa shape index (κ1) is 15.6. The van der Waals surface area contributed by atoms with Crippen molar-refractivity contribution in [3.8, 4) is 0 Å². The first-order chi connectivity index (χ1) is 11.6. The van der Waals surface area contributed by atoms with Gasteiger partial charge in [-0.2, -0.15) is 0 Å². The van der Waals surface area contributed by atoms with Crippen LogP contribution in [0.3, 0.4) is 0 Å². The molecule has 6 nitrogen and oxygen atoms in total. The minimum atomic E-state index is -0.453. The molecule has 24 heavy (non-hydrogen) atoms. The highest BCUT2D eigenvalue weighted by Gasteiger charge is 2.44. The summed E-state index contributed by atoms with van der Waals surface area (Å²) in [5, 5.41) is 10.3. The third-order valence-corrected chi connectivity index (χ3v) is 5.35. The van der Waals surface area contributed by atoms with E-state index in [0.717, 1.165) is 24.1 Å². The van der Waals surface area contributed by atoms with Crippen LogP contribution in [0.1, 0.15) is 41.7 Å². The van der Waals surface area contributed by atoms with E-state index in [0.29, 0.717) is 38.2 Å². The zero-order valence-corrected chi connectivity index (χ0v) is 13.9. The number of aryl methyl sites for hydroxylation is 1. The molecule has 0 unspecified atom stereocenters. The van der Waals surface area contributed by atoms with E-state index in [2.05, 4.69) is 4.98 Å². The Bertz CT molecular complexity index is 762. The lowest BCUT2D eigenvalue weighted by atomic mass is 9.82. The summed E-state index contributed by atoms with van der Waals surface area (Å²) >= 11 is 0. The lowest BCUT2D eigenvalue weighted by molar-refractivity contribution is -0.174. The molecule has 1 N–H and O–H groups in total. The predicted octanol–water partition coefficient (Wildman–Crippen LogP) is 1.79. The van der Waals surface area contributed by atoms with E-state index in [4.69, 9.17) is 4.74 Å². The van der Waals surface area contributed by atoms with Gasteiger partial charge in [-0.3, -0.25) is 4.79 Å². The van der Waals surface area contributed by atoms with Crippen molar-refractivity contribution in [2.24, 2.45) is 0 Å². The zero-order valence-electron chi connectivity index (χ0n) is 13.9. The summed E-state index contributed by atoms with van der Waals surface area (Å²) in [4.78, 5) is 19.0. The summed E-state index contributed by atoms with van der Waals surface area (Å²) in [5.74, 6) is -0.0449. The molecule has 6 heteroatoms. The van der Waals surface area contributed by atoms with Gasteiger partial charge < -0.3 is 19.1 Å². The van der Waals surface area contributed by atoms with Gasteiger partial charge in [0.2, 0.25) is 0 Å². The molecule has 0 radical (unpaired) electrons. The molecule has 0 aliphatic carbocycles. The van der Waals surface area contributed by atoms with Crippen LogP contribution in [0.5, 0.6) is 0 Å². The van der Waals surface area contributed by atoms with Crippen molar-refractivity contribution in [1.82, 2.24) is 14.3 Å². The van der Waals surface area contributed by atoms with E-state index in [1.807, 2.05) is 34.6 Å². The molecule has 2 aromatic rings. The van der Waals surface area contributed by atoms with Gasteiger partial charge in [-0.05, 0) is 50.3 Å². The van der Waals surface area contributed by atoms with Crippen LogP contribution >= 0.6 is 0 Å². The molecular formula is C18H23N3O3. The van der Waals surface area contributed by atoms with Gasteiger partial charge in [-0.15, -0.1) is 0 Å². The Kier molecular flexibility index (Phi) is 3.81. The third kappa shape index (κ3) is 2.59. The number of nitrogens with zero attached hydrogens (tertiary/aromatic N) is 3. The second-order valence-corrected chi connectivity index (χ2v) is 6.96. The van der Waals surface area contributed by atoms with Gasteiger partial charge in [0.25, 0.3) is 5.91 Å². The number of rotatable bonds is 1. The molecule has 4 heterocycles. The van der Waals surface area contributed by atoms with Crippen molar-refractivity contribution < 1.29 is 14.6 Å². The SMILES string of the molecule is Cc1ccn2cc(C(=O)N3CCC4(CC3)OCCC[C@H]4O)nc2c1. The molecule has 2 fully saturated rings. The van der Waals surface area contributed by atoms with E-state index >= 15 is 0 Å². The average Bonchev–Trinajstić information content (AvgIpc) is 3.01. The van der Waals surface area contributed by atoms with Gasteiger partial charge in [0.15, 0.2) is 0 Å². The molecule has 2 saturated heterocycles. The molecule has 0 aromatic carbocycles. The number of ether oxygens (including phenoxy) is 1. The molecule has 4 rings (SSSR count). The van der Waals surface area contributed by atoms with Crippen molar-refractivity contribution in [3.05, 3.63) is 35.8 Å². The third-order valence-electron chi connectivity index (χ3n) is 5.35. The van der Waals surface area contributed by atoms with Crippen LogP contribution in [-0.4, -0.2) is 56.7 Å². The van der Waals surface area contributed by atoms with Gasteiger partial charge in [-0.25, -0.2) is 4.98 Å². The lowest BCUT2D eigenvalue weighted by Crippen LogP contribution is -2.56. The van der Waals surface area contributed by atoms with Gasteiger partial charge in [0.05, 0.1) is 11.7 Å². The van der Waals surface area contributed by atoms with E-state index < -0.39 is 11.7 Å². The number of hydrogen-bond acceptors (Lipinski definition) is 4. The van der Waals surface area contributed by atoms with Gasteiger partial charge in [0, 0.05) is 32.1 Å². The number of aliphatic hydroxyl groups is 1. The molecule has 1 spiro atoms. The number of aliphatic hydroxyl groups excluding tert-OH is 1. The number of carbonyl (C=O) groups excluding carboxylic acids is 1. The number of fused-ring (bicyclic) bond motifs is 1. The number of aromatic nitrogens is 2. The first-order valence-electron chi connectivity index (χ1n) is 8.64. The number of pyridine rings is 1. The normalized spacial score (nSPS) is 23.8. The largest absolute Gasteiger partial charge is 0.390 e. The molecule has 0 saturated carbocycles. The van der Waals surface area contributed by atoms with E-state index in [9.17, 15) is 9.90 Å². The van der Waals surface area contributed by atoms with E-state index in [1.54, 1.807) is 6.20 Å². The summed E-state index contributed by atoms with van der Waals surface area (Å²) in [6, 6.07) is 3.96. The Balaban J connectivity index is 1.49. The van der Waals surface area contributed by atoms with Crippen molar-refractivity contribution in [1.29, 1.82) is 0 Å². The molecule has 2 aliphatic rings. The summed E-state index contributed by atoms with van der Waals surface area (Å²) in [6.07, 6.45) is 6.37.